The first-order valence-corrected chi connectivity index (χ1v) is 12.9. The molecule has 3 aromatic carbocycles. The van der Waals surface area contributed by atoms with Crippen LogP contribution in [0, 0.1) is 3.57 Å². The summed E-state index contributed by atoms with van der Waals surface area (Å²) in [7, 11) is 1.56. The first-order valence-electron chi connectivity index (χ1n) is 10.6. The molecule has 1 N–H and O–H groups in total. The second-order valence-corrected chi connectivity index (χ2v) is 10.1. The molecule has 8 heteroatoms. The minimum Gasteiger partial charge on any atom is -0.493 e. The highest BCUT2D eigenvalue weighted by atomic mass is 127. The maximum absolute atomic E-state index is 12.5. The van der Waals surface area contributed by atoms with E-state index < -0.39 is 0 Å². The number of amides is 1. The molecule has 0 bridgehead atoms. The smallest absolute Gasteiger partial charge is 0.264 e. The zero-order valence-corrected chi connectivity index (χ0v) is 22.3. The van der Waals surface area contributed by atoms with Crippen LogP contribution in [0.4, 0.5) is 5.69 Å². The number of aliphatic imine (C=N–C) groups is 1. The third kappa shape index (κ3) is 6.14. The van der Waals surface area contributed by atoms with Crippen molar-refractivity contribution >= 4 is 68.8 Å². The summed E-state index contributed by atoms with van der Waals surface area (Å²) in [5.41, 5.74) is 3.79. The van der Waals surface area contributed by atoms with Gasteiger partial charge < -0.3 is 14.8 Å². The molecule has 174 valence electrons. The van der Waals surface area contributed by atoms with Crippen LogP contribution in [0.25, 0.3) is 6.08 Å². The van der Waals surface area contributed by atoms with Gasteiger partial charge in [0.2, 0.25) is 0 Å². The molecule has 1 saturated heterocycles. The number of hydrogen-bond donors (Lipinski definition) is 1. The van der Waals surface area contributed by atoms with Crippen molar-refractivity contribution in [3.8, 4) is 11.5 Å². The number of nitrogens with one attached hydrogen (secondary N) is 1. The van der Waals surface area contributed by atoms with Crippen molar-refractivity contribution in [1.82, 2.24) is 5.32 Å². The lowest BCUT2D eigenvalue weighted by molar-refractivity contribution is -0.115. The highest BCUT2D eigenvalue weighted by molar-refractivity contribution is 14.1. The van der Waals surface area contributed by atoms with Crippen molar-refractivity contribution in [3.63, 3.8) is 0 Å². The molecule has 0 aliphatic carbocycles. The fraction of sp³-hybridized carbons (Fsp3) is 0.154. The third-order valence-corrected chi connectivity index (χ3v) is 6.98. The number of aryl methyl sites for hydroxylation is 1. The Morgan fingerprint density at radius 1 is 1.09 bits per heavy atom. The molecule has 3 aromatic rings. The number of halogens is 2. The number of ether oxygens (including phenoxy) is 2. The van der Waals surface area contributed by atoms with Gasteiger partial charge in [0.25, 0.3) is 5.91 Å². The SMILES string of the molecule is CCc1ccc(N=C2NC(=O)/C(=C/c3cc(Cl)c(OCc4ccc(I)cc4)c(OC)c3)S2)cc1. The van der Waals surface area contributed by atoms with Crippen LogP contribution in [0.1, 0.15) is 23.6 Å². The molecular weight excluding hydrogens is 583 g/mol. The minimum absolute atomic E-state index is 0.206. The highest BCUT2D eigenvalue weighted by Gasteiger charge is 2.24. The fourth-order valence-electron chi connectivity index (χ4n) is 3.25. The molecule has 0 radical (unpaired) electrons. The van der Waals surface area contributed by atoms with E-state index in [0.717, 1.165) is 26.8 Å². The van der Waals surface area contributed by atoms with E-state index >= 15 is 0 Å². The number of methoxy groups -OCH3 is 1. The Labute approximate surface area is 221 Å². The largest absolute Gasteiger partial charge is 0.493 e. The van der Waals surface area contributed by atoms with Crippen LogP contribution in [0.2, 0.25) is 5.02 Å². The van der Waals surface area contributed by atoms with Gasteiger partial charge in [-0.15, -0.1) is 0 Å². The van der Waals surface area contributed by atoms with Gasteiger partial charge in [-0.05, 0) is 99.9 Å². The number of thioether (sulfide) groups is 1. The van der Waals surface area contributed by atoms with E-state index in [9.17, 15) is 4.79 Å². The van der Waals surface area contributed by atoms with E-state index in [-0.39, 0.29) is 5.91 Å². The second-order valence-electron chi connectivity index (χ2n) is 7.45. The van der Waals surface area contributed by atoms with E-state index in [1.54, 1.807) is 25.3 Å². The zero-order valence-electron chi connectivity index (χ0n) is 18.6. The van der Waals surface area contributed by atoms with Crippen LogP contribution in [-0.2, 0) is 17.8 Å². The molecule has 34 heavy (non-hydrogen) atoms. The predicted octanol–water partition coefficient (Wildman–Crippen LogP) is 6.99. The van der Waals surface area contributed by atoms with Gasteiger partial charge in [0.15, 0.2) is 16.7 Å². The van der Waals surface area contributed by atoms with Crippen LogP contribution < -0.4 is 14.8 Å². The molecular formula is C26H22ClIN2O3S. The number of amidine groups is 1. The van der Waals surface area contributed by atoms with Crippen molar-refractivity contribution in [1.29, 1.82) is 0 Å². The first kappa shape index (κ1) is 24.6. The van der Waals surface area contributed by atoms with E-state index in [4.69, 9.17) is 21.1 Å². The second kappa shape index (κ2) is 11.3. The Bertz CT molecular complexity index is 1260. The van der Waals surface area contributed by atoms with Crippen molar-refractivity contribution in [2.45, 2.75) is 20.0 Å². The summed E-state index contributed by atoms with van der Waals surface area (Å²) in [5, 5.41) is 3.76. The molecule has 4 rings (SSSR count). The van der Waals surface area contributed by atoms with Gasteiger partial charge in [-0.3, -0.25) is 4.79 Å². The number of nitrogens with zero attached hydrogens (tertiary/aromatic N) is 1. The lowest BCUT2D eigenvalue weighted by Gasteiger charge is -2.13. The van der Waals surface area contributed by atoms with Crippen LogP contribution in [-0.4, -0.2) is 18.2 Å². The number of rotatable bonds is 7. The summed E-state index contributed by atoms with van der Waals surface area (Å²) >= 11 is 10.1. The van der Waals surface area contributed by atoms with Gasteiger partial charge in [-0.2, -0.15) is 0 Å². The lowest BCUT2D eigenvalue weighted by atomic mass is 10.1. The van der Waals surface area contributed by atoms with Gasteiger partial charge in [0.1, 0.15) is 6.61 Å². The Morgan fingerprint density at radius 2 is 1.79 bits per heavy atom. The maximum atomic E-state index is 12.5. The lowest BCUT2D eigenvalue weighted by Crippen LogP contribution is -2.19. The Kier molecular flexibility index (Phi) is 8.18. The van der Waals surface area contributed by atoms with Crippen molar-refractivity contribution in [3.05, 3.63) is 90.9 Å². The Hall–Kier alpha value is -2.49. The van der Waals surface area contributed by atoms with Gasteiger partial charge >= 0.3 is 0 Å². The normalized spacial score (nSPS) is 15.6. The average molecular weight is 605 g/mol. The standard InChI is InChI=1S/C26H22ClIN2O3S/c1-3-16-6-10-20(11-7-16)29-26-30-25(31)23(34-26)14-18-12-21(27)24(22(13-18)32-2)33-15-17-4-8-19(28)9-5-17/h4-14H,3,15H2,1-2H3,(H,29,30,31)/b23-14-. The fourth-order valence-corrected chi connectivity index (χ4v) is 4.73. The van der Waals surface area contributed by atoms with Crippen LogP contribution in [0.3, 0.4) is 0 Å². The summed E-state index contributed by atoms with van der Waals surface area (Å²) in [6.45, 7) is 2.47. The average Bonchev–Trinajstić information content (AvgIpc) is 3.17. The number of benzene rings is 3. The van der Waals surface area contributed by atoms with Gasteiger partial charge in [0.05, 0.1) is 22.7 Å². The third-order valence-electron chi connectivity index (χ3n) is 5.07. The Morgan fingerprint density at radius 3 is 2.47 bits per heavy atom. The molecule has 5 nitrogen and oxygen atoms in total. The highest BCUT2D eigenvalue weighted by Crippen LogP contribution is 2.38. The molecule has 0 saturated carbocycles. The van der Waals surface area contributed by atoms with Crippen LogP contribution in [0.15, 0.2) is 70.6 Å². The summed E-state index contributed by atoms with van der Waals surface area (Å²) in [4.78, 5) is 17.6. The Balaban J connectivity index is 1.51. The van der Waals surface area contributed by atoms with Crippen molar-refractivity contribution in [2.75, 3.05) is 7.11 Å². The van der Waals surface area contributed by atoms with Crippen LogP contribution >= 0.6 is 46.0 Å². The molecule has 1 amide bonds. The molecule has 0 unspecified atom stereocenters. The van der Waals surface area contributed by atoms with Crippen LogP contribution in [0.5, 0.6) is 11.5 Å². The molecule has 1 aliphatic rings. The van der Waals surface area contributed by atoms with Gasteiger partial charge in [-0.25, -0.2) is 4.99 Å². The van der Waals surface area contributed by atoms with E-state index in [0.29, 0.717) is 33.2 Å². The summed E-state index contributed by atoms with van der Waals surface area (Å²) < 4.78 is 12.6. The molecule has 0 aromatic heterocycles. The maximum Gasteiger partial charge on any atom is 0.264 e. The van der Waals surface area contributed by atoms with Crippen molar-refractivity contribution in [2.24, 2.45) is 4.99 Å². The van der Waals surface area contributed by atoms with Crippen molar-refractivity contribution < 1.29 is 14.3 Å². The molecule has 1 fully saturated rings. The number of carbonyl (C=O) groups excluding carboxylic acids is 1. The van der Waals surface area contributed by atoms with E-state index in [2.05, 4.69) is 39.8 Å². The summed E-state index contributed by atoms with van der Waals surface area (Å²) in [5.74, 6) is 0.757. The monoisotopic (exact) mass is 604 g/mol. The number of carbonyl (C=O) groups is 1. The predicted molar refractivity (Wildman–Crippen MR) is 148 cm³/mol. The first-order chi connectivity index (χ1) is 16.4. The van der Waals surface area contributed by atoms with E-state index in [1.807, 2.05) is 48.5 Å². The molecule has 0 atom stereocenters. The van der Waals surface area contributed by atoms with Gasteiger partial charge in [-0.1, -0.05) is 42.8 Å². The topological polar surface area (TPSA) is 59.9 Å². The quantitative estimate of drug-likeness (QED) is 0.233. The summed E-state index contributed by atoms with van der Waals surface area (Å²) in [6, 6.07) is 19.6. The minimum atomic E-state index is -0.206. The zero-order chi connectivity index (χ0) is 24.1. The molecule has 1 aliphatic heterocycles. The van der Waals surface area contributed by atoms with Gasteiger partial charge in [0, 0.05) is 3.57 Å². The molecule has 1 heterocycles. The summed E-state index contributed by atoms with van der Waals surface area (Å²) in [6.07, 6.45) is 2.73. The number of hydrogen-bond acceptors (Lipinski definition) is 5. The molecule has 0 spiro atoms. The van der Waals surface area contributed by atoms with E-state index in [1.165, 1.54) is 17.3 Å².